The molecule has 4 aliphatic rings. The number of rotatable bonds is 4. The summed E-state index contributed by atoms with van der Waals surface area (Å²) in [6.07, 6.45) is -7.72. The molecule has 1 N–H and O–H groups in total. The molecule has 1 saturated carbocycles. The van der Waals surface area contributed by atoms with E-state index in [1.54, 1.807) is 91.9 Å². The van der Waals surface area contributed by atoms with E-state index in [1.807, 2.05) is 0 Å². The second-order valence-electron chi connectivity index (χ2n) is 14.6. The molecular formula is C43H31F6NO5. The molecule has 6 unspecified atom stereocenters. The van der Waals surface area contributed by atoms with E-state index in [1.165, 1.54) is 6.08 Å². The Balaban J connectivity index is 1.34. The minimum absolute atomic E-state index is 0.0754. The zero-order chi connectivity index (χ0) is 39.2. The molecule has 55 heavy (non-hydrogen) atoms. The van der Waals surface area contributed by atoms with E-state index in [0.717, 1.165) is 0 Å². The molecule has 6 atom stereocenters. The number of fused-ring (bicyclic) bond motifs is 4. The number of hydrogen-bond acceptors (Lipinski definition) is 5. The van der Waals surface area contributed by atoms with Gasteiger partial charge in [-0.25, -0.2) is 4.90 Å². The van der Waals surface area contributed by atoms with Crippen LogP contribution in [0.4, 0.5) is 32.0 Å². The van der Waals surface area contributed by atoms with Crippen molar-refractivity contribution in [1.82, 2.24) is 0 Å². The molecule has 8 rings (SSSR count). The Bertz CT molecular complexity index is 2320. The first-order chi connectivity index (χ1) is 26.0. The van der Waals surface area contributed by atoms with Crippen LogP contribution in [0.5, 0.6) is 5.75 Å². The lowest BCUT2D eigenvalue weighted by Crippen LogP contribution is -2.58. The van der Waals surface area contributed by atoms with Gasteiger partial charge in [-0.2, -0.15) is 26.3 Å². The zero-order valence-electron chi connectivity index (χ0n) is 29.0. The van der Waals surface area contributed by atoms with Crippen molar-refractivity contribution in [3.63, 3.8) is 0 Å². The van der Waals surface area contributed by atoms with E-state index in [9.17, 15) is 45.8 Å². The predicted octanol–water partition coefficient (Wildman–Crippen LogP) is 8.77. The van der Waals surface area contributed by atoms with Gasteiger partial charge in [-0.05, 0) is 66.6 Å². The third kappa shape index (κ3) is 5.47. The van der Waals surface area contributed by atoms with Crippen LogP contribution in [-0.2, 0) is 36.9 Å². The number of allylic oxidation sites excluding steroid dienone is 4. The summed E-state index contributed by atoms with van der Waals surface area (Å²) < 4.78 is 83.4. The number of aryl methyl sites for hydroxylation is 1. The molecule has 1 aliphatic heterocycles. The average molecular weight is 756 g/mol. The number of amides is 2. The molecule has 4 aromatic carbocycles. The van der Waals surface area contributed by atoms with Crippen LogP contribution in [0.15, 0.2) is 115 Å². The van der Waals surface area contributed by atoms with Crippen LogP contribution >= 0.6 is 0 Å². The monoisotopic (exact) mass is 755 g/mol. The molecule has 280 valence electrons. The number of imide groups is 1. The summed E-state index contributed by atoms with van der Waals surface area (Å²) in [4.78, 5) is 59.1. The Morgan fingerprint density at radius 3 is 1.98 bits per heavy atom. The minimum Gasteiger partial charge on any atom is -0.507 e. The van der Waals surface area contributed by atoms with E-state index in [2.05, 4.69) is 0 Å². The fourth-order valence-electron chi connectivity index (χ4n) is 9.46. The number of ketones is 2. The minimum atomic E-state index is -5.23. The van der Waals surface area contributed by atoms with Crippen LogP contribution in [0.25, 0.3) is 5.57 Å². The molecular weight excluding hydrogens is 724 g/mol. The SMILES string of the molecule is Cc1cccc(C2C3=CCC4C(=O)N(c5cc(C(F)(F)F)cc(C(F)(F)F)c5)C(=O)C4C3CC3C(=O)C(c4ccccc4)=CC(=O)C32c2ccccc2)c1O. The second-order valence-corrected chi connectivity index (χ2v) is 14.6. The largest absolute Gasteiger partial charge is 0.507 e. The van der Waals surface area contributed by atoms with E-state index in [0.29, 0.717) is 44.9 Å². The van der Waals surface area contributed by atoms with E-state index in [-0.39, 0.29) is 30.2 Å². The molecule has 1 saturated heterocycles. The number of phenols is 1. The number of carbonyl (C=O) groups excluding carboxylic acids is 4. The third-order valence-electron chi connectivity index (χ3n) is 11.8. The van der Waals surface area contributed by atoms with Crippen molar-refractivity contribution in [3.8, 4) is 5.75 Å². The first-order valence-electron chi connectivity index (χ1n) is 17.6. The summed E-state index contributed by atoms with van der Waals surface area (Å²) in [6, 6.07) is 22.8. The molecule has 3 aliphatic carbocycles. The fourth-order valence-corrected chi connectivity index (χ4v) is 9.46. The standard InChI is InChI=1S/C43H31F6NO5/c1-22-9-8-14-30(37(22)52)36-28-15-16-29-35(40(55)50(39(29)54)27-18-25(42(44,45)46)17-26(19-27)43(47,48)49)32(28)20-33-38(53)31(23-10-4-2-5-11-23)21-34(51)41(33,36)24-12-6-3-7-13-24/h2-15,17-19,21,29,32-33,35-36,52H,16,20H2,1H3. The first-order valence-corrected chi connectivity index (χ1v) is 17.6. The number of alkyl halides is 6. The first kappa shape index (κ1) is 36.2. The highest BCUT2D eigenvalue weighted by Gasteiger charge is 2.66. The highest BCUT2D eigenvalue weighted by Crippen LogP contribution is 2.64. The molecule has 0 spiro atoms. The number of para-hydroxylation sites is 1. The molecule has 0 bridgehead atoms. The lowest BCUT2D eigenvalue weighted by atomic mass is 9.44. The molecule has 1 heterocycles. The van der Waals surface area contributed by atoms with Crippen LogP contribution in [0.2, 0.25) is 0 Å². The number of nitrogens with zero attached hydrogens (tertiary/aromatic N) is 1. The van der Waals surface area contributed by atoms with Gasteiger partial charge in [0.2, 0.25) is 11.8 Å². The van der Waals surface area contributed by atoms with Gasteiger partial charge in [0.25, 0.3) is 0 Å². The van der Waals surface area contributed by atoms with Gasteiger partial charge in [0.1, 0.15) is 5.75 Å². The third-order valence-corrected chi connectivity index (χ3v) is 11.8. The quantitative estimate of drug-likeness (QED) is 0.128. The Labute approximate surface area is 310 Å². The Kier molecular flexibility index (Phi) is 8.32. The average Bonchev–Trinajstić information content (AvgIpc) is 3.42. The van der Waals surface area contributed by atoms with Gasteiger partial charge in [-0.15, -0.1) is 0 Å². The van der Waals surface area contributed by atoms with Gasteiger partial charge in [-0.3, -0.25) is 19.2 Å². The van der Waals surface area contributed by atoms with E-state index in [4.69, 9.17) is 0 Å². The van der Waals surface area contributed by atoms with Crippen LogP contribution in [0.3, 0.4) is 0 Å². The van der Waals surface area contributed by atoms with Crippen molar-refractivity contribution < 1.29 is 50.6 Å². The highest BCUT2D eigenvalue weighted by molar-refractivity contribution is 6.32. The van der Waals surface area contributed by atoms with Crippen molar-refractivity contribution in [2.24, 2.45) is 23.7 Å². The van der Waals surface area contributed by atoms with Crippen molar-refractivity contribution in [1.29, 1.82) is 0 Å². The Morgan fingerprint density at radius 2 is 1.36 bits per heavy atom. The maximum atomic E-state index is 15.1. The lowest BCUT2D eigenvalue weighted by Gasteiger charge is -2.55. The number of hydrogen-bond donors (Lipinski definition) is 1. The van der Waals surface area contributed by atoms with Gasteiger partial charge in [-0.1, -0.05) is 90.5 Å². The summed E-state index contributed by atoms with van der Waals surface area (Å²) >= 11 is 0. The van der Waals surface area contributed by atoms with Gasteiger partial charge < -0.3 is 5.11 Å². The van der Waals surface area contributed by atoms with Crippen molar-refractivity contribution in [2.75, 3.05) is 4.90 Å². The zero-order valence-corrected chi connectivity index (χ0v) is 29.0. The van der Waals surface area contributed by atoms with Crippen LogP contribution in [0, 0.1) is 30.6 Å². The summed E-state index contributed by atoms with van der Waals surface area (Å²) in [7, 11) is 0. The molecule has 6 nitrogen and oxygen atoms in total. The summed E-state index contributed by atoms with van der Waals surface area (Å²) in [6.45, 7) is 1.67. The lowest BCUT2D eigenvalue weighted by molar-refractivity contribution is -0.143. The molecule has 0 radical (unpaired) electrons. The van der Waals surface area contributed by atoms with Crippen molar-refractivity contribution >= 4 is 34.6 Å². The molecule has 2 fully saturated rings. The number of Topliss-reactive ketones (excluding diaryl/α,β-unsaturated/α-hetero) is 1. The molecule has 12 heteroatoms. The highest BCUT2D eigenvalue weighted by atomic mass is 19.4. The van der Waals surface area contributed by atoms with Gasteiger partial charge in [0.15, 0.2) is 11.6 Å². The normalized spacial score (nSPS) is 26.6. The van der Waals surface area contributed by atoms with Crippen LogP contribution < -0.4 is 4.90 Å². The van der Waals surface area contributed by atoms with Gasteiger partial charge in [0, 0.05) is 23.0 Å². The number of aromatic hydroxyl groups is 1. The van der Waals surface area contributed by atoms with Crippen LogP contribution in [-0.4, -0.2) is 28.5 Å². The maximum Gasteiger partial charge on any atom is 0.416 e. The van der Waals surface area contributed by atoms with Gasteiger partial charge >= 0.3 is 12.4 Å². The summed E-state index contributed by atoms with van der Waals surface area (Å²) in [5.41, 5.74) is -3.56. The van der Waals surface area contributed by atoms with E-state index < -0.39 is 87.6 Å². The maximum absolute atomic E-state index is 15.1. The second kappa shape index (κ2) is 12.6. The summed E-state index contributed by atoms with van der Waals surface area (Å²) in [5.74, 6) is -8.65. The molecule has 2 amide bonds. The fraction of sp³-hybridized carbons (Fsp3) is 0.256. The van der Waals surface area contributed by atoms with Crippen LogP contribution in [0.1, 0.15) is 52.1 Å². The van der Waals surface area contributed by atoms with Gasteiger partial charge in [0.05, 0.1) is 34.1 Å². The van der Waals surface area contributed by atoms with E-state index >= 15 is 4.79 Å². The number of phenolic OH excluding ortho intramolecular Hbond substituents is 1. The smallest absolute Gasteiger partial charge is 0.416 e. The predicted molar refractivity (Wildman–Crippen MR) is 188 cm³/mol. The number of anilines is 1. The molecule has 4 aromatic rings. The Hall–Kier alpha value is -5.78. The number of halogens is 6. The number of carbonyl (C=O) groups is 4. The Morgan fingerprint density at radius 1 is 0.745 bits per heavy atom. The number of benzene rings is 4. The molecule has 0 aromatic heterocycles. The topological polar surface area (TPSA) is 91.8 Å². The van der Waals surface area contributed by atoms with Crippen molar-refractivity contribution in [3.05, 3.63) is 148 Å². The summed E-state index contributed by atoms with van der Waals surface area (Å²) in [5, 5.41) is 11.7. The van der Waals surface area contributed by atoms with Crippen molar-refractivity contribution in [2.45, 2.75) is 43.5 Å².